The van der Waals surface area contributed by atoms with Crippen molar-refractivity contribution in [3.05, 3.63) is 5.51 Å². The summed E-state index contributed by atoms with van der Waals surface area (Å²) in [4.78, 5) is 39.0. The van der Waals surface area contributed by atoms with E-state index < -0.39 is 32.7 Å². The van der Waals surface area contributed by atoms with Crippen molar-refractivity contribution >= 4 is 87.4 Å². The molecule has 1 aromatic rings. The maximum Gasteiger partial charge on any atom is 0.333 e. The lowest BCUT2D eigenvalue weighted by molar-refractivity contribution is -0.166. The van der Waals surface area contributed by atoms with Gasteiger partial charge in [-0.1, -0.05) is 57.9 Å². The van der Waals surface area contributed by atoms with Gasteiger partial charge in [0.05, 0.1) is 10.5 Å². The lowest BCUT2D eigenvalue weighted by atomic mass is 10.0. The molecule has 0 bridgehead atoms. The number of ether oxygens (including phenoxy) is 1. The van der Waals surface area contributed by atoms with E-state index in [2.05, 4.69) is 15.5 Å². The maximum atomic E-state index is 12.7. The van der Waals surface area contributed by atoms with Crippen LogP contribution in [-0.2, 0) is 19.1 Å². The number of fused-ring (bicyclic) bond motifs is 3. The number of esters is 1. The monoisotopic (exact) mass is 502 g/mol. The molecule has 0 radical (unpaired) electrons. The van der Waals surface area contributed by atoms with Crippen molar-refractivity contribution in [2.75, 3.05) is 12.4 Å². The van der Waals surface area contributed by atoms with Crippen molar-refractivity contribution < 1.29 is 19.1 Å². The topological polar surface area (TPSA) is 101 Å². The smallest absolute Gasteiger partial charge is 0.333 e. The summed E-state index contributed by atoms with van der Waals surface area (Å²) in [6.07, 6.45) is 0.471. The molecule has 1 N–H and O–H groups in total. The van der Waals surface area contributed by atoms with E-state index in [1.807, 2.05) is 6.92 Å². The Kier molecular flexibility index (Phi) is 5.24. The van der Waals surface area contributed by atoms with Crippen LogP contribution in [0.3, 0.4) is 0 Å². The molecule has 0 aromatic carbocycles. The fraction of sp³-hybridized carbons (Fsp3) is 0.643. The molecule has 4 rings (SSSR count). The van der Waals surface area contributed by atoms with E-state index in [0.29, 0.717) is 10.8 Å². The molecule has 1 aromatic heterocycles. The number of nitrogens with zero attached hydrogens (tertiary/aromatic N) is 3. The fourth-order valence-electron chi connectivity index (χ4n) is 3.53. The zero-order chi connectivity index (χ0) is 20.3. The van der Waals surface area contributed by atoms with Gasteiger partial charge in [0, 0.05) is 6.42 Å². The summed E-state index contributed by atoms with van der Waals surface area (Å²) in [5, 5.41) is 9.97. The largest absolute Gasteiger partial charge is 0.459 e. The minimum absolute atomic E-state index is 0.129. The normalized spacial score (nSPS) is 33.0. The fourth-order valence-corrected chi connectivity index (χ4v) is 6.91. The number of amides is 2. The Morgan fingerprint density at radius 2 is 2.25 bits per heavy atom. The highest BCUT2D eigenvalue weighted by Gasteiger charge is 2.85. The van der Waals surface area contributed by atoms with E-state index in [0.717, 1.165) is 0 Å². The Labute approximate surface area is 187 Å². The molecule has 1 aliphatic carbocycles. The van der Waals surface area contributed by atoms with Crippen LogP contribution in [0.1, 0.15) is 13.3 Å². The second-order valence-electron chi connectivity index (χ2n) is 6.71. The Hall–Kier alpha value is -0.460. The van der Waals surface area contributed by atoms with E-state index in [9.17, 15) is 14.4 Å². The van der Waals surface area contributed by atoms with Gasteiger partial charge in [-0.25, -0.2) is 4.79 Å². The summed E-state index contributed by atoms with van der Waals surface area (Å²) < 4.78 is 3.64. The average molecular weight is 504 g/mol. The number of rotatable bonds is 6. The molecule has 3 aliphatic rings. The molecule has 2 aliphatic heterocycles. The van der Waals surface area contributed by atoms with Gasteiger partial charge in [-0.05, 0) is 6.92 Å². The molecule has 14 heteroatoms. The third kappa shape index (κ3) is 3.37. The van der Waals surface area contributed by atoms with E-state index in [-0.39, 0.29) is 22.9 Å². The van der Waals surface area contributed by atoms with Crippen molar-refractivity contribution in [1.29, 1.82) is 0 Å². The first-order valence-corrected chi connectivity index (χ1v) is 11.9. The van der Waals surface area contributed by atoms with Crippen LogP contribution in [0.4, 0.5) is 0 Å². The van der Waals surface area contributed by atoms with Crippen LogP contribution in [0.5, 0.6) is 0 Å². The van der Waals surface area contributed by atoms with Crippen LogP contribution in [0.2, 0.25) is 0 Å². The minimum atomic E-state index is -1.72. The maximum absolute atomic E-state index is 12.7. The van der Waals surface area contributed by atoms with E-state index >= 15 is 0 Å². The highest BCUT2D eigenvalue weighted by atomic mass is 35.6. The van der Waals surface area contributed by atoms with Crippen LogP contribution in [0, 0.1) is 0 Å². The summed E-state index contributed by atoms with van der Waals surface area (Å²) in [6, 6.07) is -0.671. The highest BCUT2D eigenvalue weighted by Crippen LogP contribution is 2.72. The van der Waals surface area contributed by atoms with Crippen LogP contribution in [0.25, 0.3) is 0 Å². The first kappa shape index (κ1) is 20.8. The molecule has 2 amide bonds. The molecule has 1 saturated carbocycles. The predicted octanol–water partition coefficient (Wildman–Crippen LogP) is 1.84. The van der Waals surface area contributed by atoms with Crippen LogP contribution >= 0.6 is 69.7 Å². The summed E-state index contributed by atoms with van der Waals surface area (Å²) >= 11 is 21.0. The van der Waals surface area contributed by atoms with E-state index in [4.69, 9.17) is 39.5 Å². The second-order valence-corrected chi connectivity index (χ2v) is 12.9. The quantitative estimate of drug-likeness (QED) is 0.272. The molecule has 8 nitrogen and oxygen atoms in total. The number of β-lactam (4-membered cyclic amide) rings is 1. The Bertz CT molecular complexity index is 838. The number of alkyl halides is 3. The van der Waals surface area contributed by atoms with Crippen molar-refractivity contribution in [2.45, 2.75) is 43.2 Å². The van der Waals surface area contributed by atoms with Gasteiger partial charge in [0.15, 0.2) is 9.88 Å². The van der Waals surface area contributed by atoms with Crippen LogP contribution in [-0.4, -0.2) is 70.7 Å². The lowest BCUT2D eigenvalue weighted by Gasteiger charge is -2.46. The molecule has 3 unspecified atom stereocenters. The van der Waals surface area contributed by atoms with Crippen molar-refractivity contribution in [1.82, 2.24) is 20.4 Å². The van der Waals surface area contributed by atoms with Gasteiger partial charge in [-0.2, -0.15) is 0 Å². The third-order valence-corrected chi connectivity index (χ3v) is 8.78. The number of halogens is 3. The van der Waals surface area contributed by atoms with Gasteiger partial charge < -0.3 is 15.0 Å². The Balaban J connectivity index is 1.37. The second kappa shape index (κ2) is 7.05. The molecule has 2 saturated heterocycles. The summed E-state index contributed by atoms with van der Waals surface area (Å²) in [5.74, 6) is -1.04. The number of nitrogens with one attached hydrogen (secondary N) is 1. The number of aromatic nitrogens is 2. The Morgan fingerprint density at radius 3 is 2.89 bits per heavy atom. The van der Waals surface area contributed by atoms with Crippen LogP contribution < -0.4 is 5.32 Å². The van der Waals surface area contributed by atoms with E-state index in [1.54, 1.807) is 5.51 Å². The van der Waals surface area contributed by atoms with Crippen molar-refractivity contribution in [3.63, 3.8) is 0 Å². The van der Waals surface area contributed by atoms with E-state index in [1.165, 1.54) is 39.8 Å². The van der Waals surface area contributed by atoms with Gasteiger partial charge in [0.2, 0.25) is 15.6 Å². The molecule has 152 valence electrons. The molecular formula is C14H13Cl3N4O4S3. The van der Waals surface area contributed by atoms with Crippen LogP contribution in [0.15, 0.2) is 9.85 Å². The molecule has 28 heavy (non-hydrogen) atoms. The lowest BCUT2D eigenvalue weighted by Crippen LogP contribution is -2.72. The van der Waals surface area contributed by atoms with Crippen molar-refractivity contribution in [3.8, 4) is 0 Å². The number of hydrogen-bond acceptors (Lipinski definition) is 9. The van der Waals surface area contributed by atoms with Gasteiger partial charge in [0.25, 0.3) is 0 Å². The van der Waals surface area contributed by atoms with Gasteiger partial charge in [0.1, 0.15) is 23.5 Å². The average Bonchev–Trinajstić information content (AvgIpc) is 2.97. The standard InChI is InChI=1S/C14H13Cl3N4O4S3/c1-12-3-13(12,10(24)25-4-14(15,16)17)21-8(23)7(9(21)28-12)19-6(22)2-26-11-20-18-5-27-11/h5,7,9H,2-4H2,1H3,(H,19,22)/t7?,9-,12?,13?/m1/s1. The summed E-state index contributed by atoms with van der Waals surface area (Å²) in [7, 11) is 0. The minimum Gasteiger partial charge on any atom is -0.459 e. The number of hydrogen-bond donors (Lipinski definition) is 1. The first-order chi connectivity index (χ1) is 13.1. The molecule has 4 atom stereocenters. The van der Waals surface area contributed by atoms with Gasteiger partial charge in [-0.15, -0.1) is 22.0 Å². The number of carbonyl (C=O) groups excluding carboxylic acids is 3. The molecule has 0 spiro atoms. The number of carbonyl (C=O) groups is 3. The summed E-state index contributed by atoms with van der Waals surface area (Å²) in [6.45, 7) is 1.50. The third-order valence-electron chi connectivity index (χ3n) is 4.87. The predicted molar refractivity (Wildman–Crippen MR) is 108 cm³/mol. The first-order valence-electron chi connectivity index (χ1n) is 8.01. The molecule has 3 heterocycles. The summed E-state index contributed by atoms with van der Waals surface area (Å²) in [5.41, 5.74) is 0.523. The number of thioether (sulfide) groups is 2. The molecular weight excluding hydrogens is 491 g/mol. The zero-order valence-corrected chi connectivity index (χ0v) is 18.9. The molecule has 3 fully saturated rings. The Morgan fingerprint density at radius 1 is 1.50 bits per heavy atom. The zero-order valence-electron chi connectivity index (χ0n) is 14.2. The SMILES string of the molecule is CC12CC1(C(=O)OCC(Cl)(Cl)Cl)N1C(=O)C(NC(=O)CSc3nncs3)[C@H]1S2. The highest BCUT2D eigenvalue weighted by molar-refractivity contribution is 8.02. The van der Waals surface area contributed by atoms with Crippen molar-refractivity contribution in [2.24, 2.45) is 0 Å². The van der Waals surface area contributed by atoms with Gasteiger partial charge >= 0.3 is 5.97 Å². The van der Waals surface area contributed by atoms with Gasteiger partial charge in [-0.3, -0.25) is 9.59 Å².